The molecule has 2 aromatic heterocycles. The van der Waals surface area contributed by atoms with Crippen molar-refractivity contribution in [2.45, 2.75) is 0 Å². The minimum absolute atomic E-state index is 0.000888. The monoisotopic (exact) mass is 326 g/mol. The molecule has 0 unspecified atom stereocenters. The maximum Gasteiger partial charge on any atom is 0.158 e. The van der Waals surface area contributed by atoms with Crippen LogP contribution < -0.4 is 0 Å². The largest absolute Gasteiger partial charge is 0.508 e. The average Bonchev–Trinajstić information content (AvgIpc) is 3.13. The van der Waals surface area contributed by atoms with E-state index >= 15 is 0 Å². The highest BCUT2D eigenvalue weighted by molar-refractivity contribution is 7.26. The molecule has 4 aromatic rings. The minimum Gasteiger partial charge on any atom is -0.508 e. The lowest BCUT2D eigenvalue weighted by Crippen LogP contribution is -1.78. The quantitative estimate of drug-likeness (QED) is 0.569. The third-order valence-corrected chi connectivity index (χ3v) is 5.51. The third-order valence-electron chi connectivity index (χ3n) is 3.27. The lowest BCUT2D eigenvalue weighted by molar-refractivity contribution is 0.452. The standard InChI is InChI=1S/C16H10N2O2S2/c19-10-5-6-11(12(20)8-10)15-17-18-16(22-15)14-7-9-3-1-2-4-13(9)21-14/h1-8,19-20H. The summed E-state index contributed by atoms with van der Waals surface area (Å²) >= 11 is 3.09. The Bertz CT molecular complexity index is 942. The topological polar surface area (TPSA) is 66.2 Å². The summed E-state index contributed by atoms with van der Waals surface area (Å²) in [5.74, 6) is 0.0227. The fourth-order valence-electron chi connectivity index (χ4n) is 2.22. The molecule has 0 aliphatic carbocycles. The molecule has 22 heavy (non-hydrogen) atoms. The van der Waals surface area contributed by atoms with Crippen LogP contribution in [0, 0.1) is 0 Å². The minimum atomic E-state index is -0.000888. The maximum absolute atomic E-state index is 9.92. The van der Waals surface area contributed by atoms with Crippen molar-refractivity contribution < 1.29 is 10.2 Å². The smallest absolute Gasteiger partial charge is 0.158 e. The highest BCUT2D eigenvalue weighted by atomic mass is 32.1. The molecule has 0 fully saturated rings. The van der Waals surface area contributed by atoms with Gasteiger partial charge in [-0.05, 0) is 29.7 Å². The SMILES string of the molecule is Oc1ccc(-c2nnc(-c3cc4ccccc4s3)s2)c(O)c1. The Balaban J connectivity index is 1.77. The van der Waals surface area contributed by atoms with Gasteiger partial charge in [0.15, 0.2) is 10.0 Å². The molecule has 6 heteroatoms. The number of phenolic OH excluding ortho intramolecular Hbond substituents is 2. The van der Waals surface area contributed by atoms with E-state index in [2.05, 4.69) is 28.4 Å². The Morgan fingerprint density at radius 2 is 1.64 bits per heavy atom. The molecule has 2 aromatic carbocycles. The zero-order valence-corrected chi connectivity index (χ0v) is 12.9. The van der Waals surface area contributed by atoms with Crippen LogP contribution in [0.1, 0.15) is 0 Å². The molecule has 0 saturated carbocycles. The molecule has 0 radical (unpaired) electrons. The van der Waals surface area contributed by atoms with Crippen molar-refractivity contribution in [2.24, 2.45) is 0 Å². The van der Waals surface area contributed by atoms with E-state index in [9.17, 15) is 10.2 Å². The van der Waals surface area contributed by atoms with E-state index in [1.54, 1.807) is 17.4 Å². The van der Waals surface area contributed by atoms with Gasteiger partial charge in [-0.25, -0.2) is 0 Å². The summed E-state index contributed by atoms with van der Waals surface area (Å²) < 4.78 is 1.21. The van der Waals surface area contributed by atoms with Crippen LogP contribution in [0.15, 0.2) is 48.5 Å². The number of hydrogen-bond donors (Lipinski definition) is 2. The fraction of sp³-hybridized carbons (Fsp3) is 0. The summed E-state index contributed by atoms with van der Waals surface area (Å²) in [5, 5.41) is 30.3. The third kappa shape index (κ3) is 2.22. The molecule has 0 aliphatic heterocycles. The zero-order chi connectivity index (χ0) is 15.1. The number of thiophene rings is 1. The van der Waals surface area contributed by atoms with Gasteiger partial charge in [0.2, 0.25) is 0 Å². The molecular formula is C16H10N2O2S2. The summed E-state index contributed by atoms with van der Waals surface area (Å²) in [6.45, 7) is 0. The highest BCUT2D eigenvalue weighted by Crippen LogP contribution is 2.39. The van der Waals surface area contributed by atoms with Crippen LogP contribution in [0.5, 0.6) is 11.5 Å². The van der Waals surface area contributed by atoms with Gasteiger partial charge in [-0.3, -0.25) is 0 Å². The van der Waals surface area contributed by atoms with E-state index in [0.29, 0.717) is 10.6 Å². The molecule has 0 saturated heterocycles. The lowest BCUT2D eigenvalue weighted by atomic mass is 10.2. The molecule has 0 spiro atoms. The Morgan fingerprint density at radius 1 is 0.818 bits per heavy atom. The molecule has 108 valence electrons. The predicted molar refractivity (Wildman–Crippen MR) is 89.5 cm³/mol. The van der Waals surface area contributed by atoms with E-state index in [1.165, 1.54) is 33.6 Å². The lowest BCUT2D eigenvalue weighted by Gasteiger charge is -1.99. The zero-order valence-electron chi connectivity index (χ0n) is 11.2. The summed E-state index contributed by atoms with van der Waals surface area (Å²) in [4.78, 5) is 1.06. The number of aromatic nitrogens is 2. The van der Waals surface area contributed by atoms with E-state index in [0.717, 1.165) is 9.88 Å². The average molecular weight is 326 g/mol. The number of phenols is 2. The van der Waals surface area contributed by atoms with Crippen molar-refractivity contribution >= 4 is 32.8 Å². The first-order chi connectivity index (χ1) is 10.7. The molecule has 2 N–H and O–H groups in total. The van der Waals surface area contributed by atoms with Gasteiger partial charge in [0.25, 0.3) is 0 Å². The second kappa shape index (κ2) is 5.08. The highest BCUT2D eigenvalue weighted by Gasteiger charge is 2.14. The van der Waals surface area contributed by atoms with E-state index < -0.39 is 0 Å². The number of nitrogens with zero attached hydrogens (tertiary/aromatic N) is 2. The number of hydrogen-bond acceptors (Lipinski definition) is 6. The Kier molecular flexibility index (Phi) is 3.06. The summed E-state index contributed by atoms with van der Waals surface area (Å²) in [6.07, 6.45) is 0. The number of benzene rings is 2. The molecule has 0 aliphatic rings. The van der Waals surface area contributed by atoms with Gasteiger partial charge >= 0.3 is 0 Å². The normalized spacial score (nSPS) is 11.1. The van der Waals surface area contributed by atoms with Crippen LogP contribution in [-0.4, -0.2) is 20.4 Å². The number of rotatable bonds is 2. The van der Waals surface area contributed by atoms with Gasteiger partial charge in [0.05, 0.1) is 10.4 Å². The van der Waals surface area contributed by atoms with Gasteiger partial charge in [0, 0.05) is 10.8 Å². The van der Waals surface area contributed by atoms with Crippen molar-refractivity contribution in [3.05, 3.63) is 48.5 Å². The van der Waals surface area contributed by atoms with Crippen LogP contribution in [-0.2, 0) is 0 Å². The Hall–Kier alpha value is -2.44. The molecule has 4 rings (SSSR count). The first-order valence-electron chi connectivity index (χ1n) is 6.55. The molecule has 4 nitrogen and oxygen atoms in total. The molecular weight excluding hydrogens is 316 g/mol. The number of aromatic hydroxyl groups is 2. The van der Waals surface area contributed by atoms with Crippen LogP contribution in [0.25, 0.3) is 30.5 Å². The summed E-state index contributed by atoms with van der Waals surface area (Å²) in [6, 6.07) is 14.7. The van der Waals surface area contributed by atoms with Crippen molar-refractivity contribution in [2.75, 3.05) is 0 Å². The van der Waals surface area contributed by atoms with Crippen LogP contribution in [0.3, 0.4) is 0 Å². The Morgan fingerprint density at radius 3 is 2.45 bits per heavy atom. The van der Waals surface area contributed by atoms with E-state index in [4.69, 9.17) is 0 Å². The van der Waals surface area contributed by atoms with E-state index in [1.807, 2.05) is 12.1 Å². The number of fused-ring (bicyclic) bond motifs is 1. The van der Waals surface area contributed by atoms with Gasteiger partial charge in [-0.2, -0.15) is 0 Å². The van der Waals surface area contributed by atoms with Crippen LogP contribution >= 0.6 is 22.7 Å². The van der Waals surface area contributed by atoms with Gasteiger partial charge in [0.1, 0.15) is 11.5 Å². The van der Waals surface area contributed by atoms with E-state index in [-0.39, 0.29) is 11.5 Å². The molecule has 0 bridgehead atoms. The van der Waals surface area contributed by atoms with Gasteiger partial charge in [-0.1, -0.05) is 29.5 Å². The second-order valence-corrected chi connectivity index (χ2v) is 6.82. The second-order valence-electron chi connectivity index (χ2n) is 4.76. The van der Waals surface area contributed by atoms with Gasteiger partial charge in [-0.15, -0.1) is 21.5 Å². The van der Waals surface area contributed by atoms with Crippen molar-refractivity contribution in [3.8, 4) is 32.0 Å². The summed E-state index contributed by atoms with van der Waals surface area (Å²) in [7, 11) is 0. The summed E-state index contributed by atoms with van der Waals surface area (Å²) in [5.41, 5.74) is 0.572. The molecule has 0 atom stereocenters. The van der Waals surface area contributed by atoms with Crippen LogP contribution in [0.2, 0.25) is 0 Å². The van der Waals surface area contributed by atoms with Crippen molar-refractivity contribution in [1.82, 2.24) is 10.2 Å². The fourth-order valence-corrected chi connectivity index (χ4v) is 4.20. The molecule has 0 amide bonds. The predicted octanol–water partition coefficient (Wildman–Crippen LogP) is 4.50. The van der Waals surface area contributed by atoms with Crippen LogP contribution in [0.4, 0.5) is 0 Å². The van der Waals surface area contributed by atoms with Crippen molar-refractivity contribution in [3.63, 3.8) is 0 Å². The van der Waals surface area contributed by atoms with Crippen molar-refractivity contribution in [1.29, 1.82) is 0 Å². The Labute approximate surface area is 134 Å². The maximum atomic E-state index is 9.92. The van der Waals surface area contributed by atoms with Gasteiger partial charge < -0.3 is 10.2 Å². The first kappa shape index (κ1) is 13.2. The first-order valence-corrected chi connectivity index (χ1v) is 8.19. The molecule has 2 heterocycles.